The van der Waals surface area contributed by atoms with Gasteiger partial charge in [-0.1, -0.05) is 0 Å². The minimum absolute atomic E-state index is 0.0331. The number of carbonyl (C=O) groups excluding carboxylic acids is 2. The van der Waals surface area contributed by atoms with E-state index in [-0.39, 0.29) is 11.1 Å². The van der Waals surface area contributed by atoms with Crippen LogP contribution < -0.4 is 16.4 Å². The molecule has 0 amide bonds. The van der Waals surface area contributed by atoms with Gasteiger partial charge in [-0.25, -0.2) is 4.79 Å². The number of allylic oxidation sites excluding steroid dienone is 4. The summed E-state index contributed by atoms with van der Waals surface area (Å²) in [6.07, 6.45) is 3.12. The van der Waals surface area contributed by atoms with Gasteiger partial charge in [-0.05, 0) is 29.7 Å². The Hall–Kier alpha value is -2.70. The average Bonchev–Trinajstić information content (AvgIpc) is 2.38. The lowest BCUT2D eigenvalue weighted by Crippen LogP contribution is -2.40. The van der Waals surface area contributed by atoms with Crippen molar-refractivity contribution in [3.05, 3.63) is 44.6 Å². The van der Waals surface area contributed by atoms with Gasteiger partial charge in [0.25, 0.3) is 5.56 Å². The molecule has 1 aliphatic rings. The first-order chi connectivity index (χ1) is 8.84. The van der Waals surface area contributed by atoms with Crippen molar-refractivity contribution in [2.24, 2.45) is 14.1 Å². The standard InChI is InChI=1S/C12H10N2O5/c1-13-10(17)9(11(18)14(2)12(13)19)6-3-4-7(15)8(16)5-6/h3-5,17H,1-2H3/p-1. The molecular weight excluding hydrogens is 252 g/mol. The first-order valence-corrected chi connectivity index (χ1v) is 5.30. The van der Waals surface area contributed by atoms with E-state index in [1.54, 1.807) is 0 Å². The van der Waals surface area contributed by atoms with Crippen LogP contribution in [-0.2, 0) is 23.7 Å². The van der Waals surface area contributed by atoms with Crippen LogP contribution in [0, 0.1) is 0 Å². The second-order valence-corrected chi connectivity index (χ2v) is 4.05. The van der Waals surface area contributed by atoms with Crippen LogP contribution in [0.1, 0.15) is 5.56 Å². The highest BCUT2D eigenvalue weighted by molar-refractivity contribution is 6.48. The minimum atomic E-state index is -0.812. The third-order valence-electron chi connectivity index (χ3n) is 2.84. The molecule has 0 spiro atoms. The van der Waals surface area contributed by atoms with Crippen molar-refractivity contribution >= 4 is 17.1 Å². The highest BCUT2D eigenvalue weighted by atomic mass is 16.3. The Balaban J connectivity index is 2.80. The first kappa shape index (κ1) is 12.7. The van der Waals surface area contributed by atoms with Gasteiger partial charge in [0.2, 0.25) is 11.6 Å². The Labute approximate surface area is 106 Å². The van der Waals surface area contributed by atoms with Crippen LogP contribution in [0.4, 0.5) is 0 Å². The molecule has 0 atom stereocenters. The van der Waals surface area contributed by atoms with E-state index in [2.05, 4.69) is 0 Å². The Bertz CT molecular complexity index is 777. The number of rotatable bonds is 1. The zero-order valence-corrected chi connectivity index (χ0v) is 10.2. The van der Waals surface area contributed by atoms with E-state index < -0.39 is 28.7 Å². The van der Waals surface area contributed by atoms with E-state index in [1.807, 2.05) is 0 Å². The van der Waals surface area contributed by atoms with E-state index in [9.17, 15) is 24.3 Å². The maximum Gasteiger partial charge on any atom is 0.329 e. The van der Waals surface area contributed by atoms with Crippen LogP contribution in [-0.4, -0.2) is 20.7 Å². The van der Waals surface area contributed by atoms with Gasteiger partial charge in [0.15, 0.2) is 0 Å². The highest BCUT2D eigenvalue weighted by Gasteiger charge is 2.18. The Morgan fingerprint density at radius 2 is 1.58 bits per heavy atom. The van der Waals surface area contributed by atoms with Crippen LogP contribution in [0.25, 0.3) is 5.57 Å². The molecule has 7 heteroatoms. The molecule has 1 aromatic heterocycles. The van der Waals surface area contributed by atoms with Crippen molar-refractivity contribution in [3.8, 4) is 5.88 Å². The van der Waals surface area contributed by atoms with Gasteiger partial charge >= 0.3 is 5.69 Å². The molecule has 0 saturated heterocycles. The Morgan fingerprint density at radius 3 is 2.16 bits per heavy atom. The maximum atomic E-state index is 11.9. The minimum Gasteiger partial charge on any atom is -0.859 e. The fraction of sp³-hybridized carbons (Fsp3) is 0.167. The number of carbonyl (C=O) groups is 2. The van der Waals surface area contributed by atoms with Gasteiger partial charge in [-0.15, -0.1) is 0 Å². The zero-order chi connectivity index (χ0) is 14.3. The molecule has 0 N–H and O–H groups in total. The van der Waals surface area contributed by atoms with Crippen LogP contribution in [0.2, 0.25) is 0 Å². The fourth-order valence-corrected chi connectivity index (χ4v) is 1.74. The van der Waals surface area contributed by atoms with E-state index in [4.69, 9.17) is 0 Å². The van der Waals surface area contributed by atoms with Crippen molar-refractivity contribution in [1.29, 1.82) is 0 Å². The second kappa shape index (κ2) is 4.20. The van der Waals surface area contributed by atoms with Crippen molar-refractivity contribution in [2.45, 2.75) is 0 Å². The summed E-state index contributed by atoms with van der Waals surface area (Å²) in [6, 6.07) is 0. The molecule has 1 aromatic rings. The summed E-state index contributed by atoms with van der Waals surface area (Å²) in [6.45, 7) is 0. The van der Waals surface area contributed by atoms with Crippen LogP contribution in [0.15, 0.2) is 27.8 Å². The molecule has 98 valence electrons. The van der Waals surface area contributed by atoms with Gasteiger partial charge in [-0.3, -0.25) is 19.0 Å². The molecule has 7 nitrogen and oxygen atoms in total. The van der Waals surface area contributed by atoms with Gasteiger partial charge in [0.05, 0.1) is 5.56 Å². The lowest BCUT2D eigenvalue weighted by molar-refractivity contribution is -0.280. The lowest BCUT2D eigenvalue weighted by Gasteiger charge is -2.19. The van der Waals surface area contributed by atoms with Crippen molar-refractivity contribution in [1.82, 2.24) is 9.13 Å². The fourth-order valence-electron chi connectivity index (χ4n) is 1.74. The number of aromatic nitrogens is 2. The van der Waals surface area contributed by atoms with Crippen molar-refractivity contribution < 1.29 is 14.7 Å². The van der Waals surface area contributed by atoms with Gasteiger partial charge in [0.1, 0.15) is 0 Å². The molecule has 0 bridgehead atoms. The first-order valence-electron chi connectivity index (χ1n) is 5.30. The van der Waals surface area contributed by atoms with E-state index in [1.165, 1.54) is 20.2 Å². The largest absolute Gasteiger partial charge is 0.859 e. The summed E-state index contributed by atoms with van der Waals surface area (Å²) in [4.78, 5) is 45.8. The molecule has 19 heavy (non-hydrogen) atoms. The molecule has 0 aliphatic heterocycles. The molecule has 0 unspecified atom stereocenters. The smallest absolute Gasteiger partial charge is 0.329 e. The monoisotopic (exact) mass is 261 g/mol. The van der Waals surface area contributed by atoms with Crippen LogP contribution in [0.3, 0.4) is 0 Å². The quantitative estimate of drug-likeness (QED) is 0.440. The number of nitrogens with zero attached hydrogens (tertiary/aromatic N) is 2. The van der Waals surface area contributed by atoms with Gasteiger partial charge in [0, 0.05) is 14.1 Å². The molecule has 0 saturated carbocycles. The molecule has 0 fully saturated rings. The topological polar surface area (TPSA) is 101 Å². The molecule has 1 heterocycles. The second-order valence-electron chi connectivity index (χ2n) is 4.05. The predicted octanol–water partition coefficient (Wildman–Crippen LogP) is -1.75. The molecular formula is C12H9N2O5-. The summed E-state index contributed by atoms with van der Waals surface area (Å²) in [5.74, 6) is -2.34. The highest BCUT2D eigenvalue weighted by Crippen LogP contribution is 2.20. The van der Waals surface area contributed by atoms with E-state index >= 15 is 0 Å². The summed E-state index contributed by atoms with van der Waals surface area (Å²) in [7, 11) is 2.46. The third-order valence-corrected chi connectivity index (χ3v) is 2.84. The van der Waals surface area contributed by atoms with E-state index in [0.717, 1.165) is 21.3 Å². The molecule has 1 aliphatic carbocycles. The summed E-state index contributed by atoms with van der Waals surface area (Å²) >= 11 is 0. The van der Waals surface area contributed by atoms with Gasteiger partial charge in [-0.2, -0.15) is 0 Å². The zero-order valence-electron chi connectivity index (χ0n) is 10.2. The molecule has 2 rings (SSSR count). The summed E-state index contributed by atoms with van der Waals surface area (Å²) in [5, 5.41) is 11.9. The van der Waals surface area contributed by atoms with Crippen molar-refractivity contribution in [2.75, 3.05) is 0 Å². The molecule has 0 radical (unpaired) electrons. The van der Waals surface area contributed by atoms with Crippen molar-refractivity contribution in [3.63, 3.8) is 0 Å². The van der Waals surface area contributed by atoms with E-state index in [0.29, 0.717) is 0 Å². The number of ketones is 2. The van der Waals surface area contributed by atoms with Crippen LogP contribution in [0.5, 0.6) is 5.88 Å². The maximum absolute atomic E-state index is 11.9. The van der Waals surface area contributed by atoms with Crippen LogP contribution >= 0.6 is 0 Å². The SMILES string of the molecule is Cn1c([O-])c(C2=CC(=O)C(=O)C=C2)c(=O)n(C)c1=O. The number of hydrogen-bond donors (Lipinski definition) is 0. The summed E-state index contributed by atoms with van der Waals surface area (Å²) < 4.78 is 1.54. The third kappa shape index (κ3) is 1.85. The number of hydrogen-bond acceptors (Lipinski definition) is 5. The lowest BCUT2D eigenvalue weighted by atomic mass is 10.00. The Morgan fingerprint density at radius 1 is 0.947 bits per heavy atom. The Kier molecular flexibility index (Phi) is 2.82. The predicted molar refractivity (Wildman–Crippen MR) is 63.5 cm³/mol. The average molecular weight is 261 g/mol. The molecule has 0 aromatic carbocycles. The summed E-state index contributed by atoms with van der Waals surface area (Å²) in [5.41, 5.74) is -1.82. The normalized spacial score (nSPS) is 14.7. The van der Waals surface area contributed by atoms with Gasteiger partial charge < -0.3 is 9.67 Å².